The SMILES string of the molecule is CCCCCCCCCCCCCCCCCCCCCCCC(=O)NC(COP(=O)([O-])OCC[N+](C)(C)C)C(O)C(O)CCCCCCCCCCCCCC. The van der Waals surface area contributed by atoms with Gasteiger partial charge in [0.2, 0.25) is 5.91 Å². The zero-order chi connectivity index (χ0) is 42.3. The van der Waals surface area contributed by atoms with Crippen LogP contribution < -0.4 is 10.2 Å². The highest BCUT2D eigenvalue weighted by atomic mass is 31.2. The van der Waals surface area contributed by atoms with Gasteiger partial charge in [-0.05, 0) is 12.8 Å². The third-order valence-corrected chi connectivity index (χ3v) is 12.4. The van der Waals surface area contributed by atoms with Gasteiger partial charge in [0.25, 0.3) is 7.82 Å². The van der Waals surface area contributed by atoms with Crippen molar-refractivity contribution in [3.63, 3.8) is 0 Å². The van der Waals surface area contributed by atoms with E-state index in [1.165, 1.54) is 173 Å². The van der Waals surface area contributed by atoms with Crippen molar-refractivity contribution in [2.24, 2.45) is 0 Å². The van der Waals surface area contributed by atoms with Gasteiger partial charge in [-0.1, -0.05) is 219 Å². The molecule has 0 heterocycles. The van der Waals surface area contributed by atoms with Crippen molar-refractivity contribution < 1.29 is 38.0 Å². The molecule has 4 unspecified atom stereocenters. The van der Waals surface area contributed by atoms with Gasteiger partial charge in [-0.2, -0.15) is 0 Å². The van der Waals surface area contributed by atoms with Crippen LogP contribution in [-0.4, -0.2) is 79.8 Å². The predicted octanol–water partition coefficient (Wildman–Crippen LogP) is 12.1. The molecule has 0 rings (SSSR count). The van der Waals surface area contributed by atoms with Crippen LogP contribution in [0.3, 0.4) is 0 Å². The van der Waals surface area contributed by atoms with Gasteiger partial charge in [-0.15, -0.1) is 0 Å². The summed E-state index contributed by atoms with van der Waals surface area (Å²) in [6.07, 6.45) is 40.0. The van der Waals surface area contributed by atoms with E-state index in [9.17, 15) is 24.5 Å². The molecule has 0 saturated carbocycles. The Morgan fingerprint density at radius 3 is 1.25 bits per heavy atom. The summed E-state index contributed by atoms with van der Waals surface area (Å²) in [7, 11) is 1.14. The minimum atomic E-state index is -4.66. The number of hydrogen-bond acceptors (Lipinski definition) is 7. The maximum absolute atomic E-state index is 12.9. The number of carbonyl (C=O) groups excluding carboxylic acids is 1. The van der Waals surface area contributed by atoms with E-state index in [4.69, 9.17) is 9.05 Å². The van der Waals surface area contributed by atoms with Gasteiger partial charge >= 0.3 is 0 Å². The number of likely N-dealkylation sites (N-methyl/N-ethyl adjacent to an activating group) is 1. The monoisotopic (exact) mass is 833 g/mol. The first kappa shape index (κ1) is 56.5. The number of amides is 1. The van der Waals surface area contributed by atoms with Crippen LogP contribution in [0.4, 0.5) is 0 Å². The molecule has 0 fully saturated rings. The number of aliphatic hydroxyl groups excluding tert-OH is 2. The molecule has 0 spiro atoms. The lowest BCUT2D eigenvalue weighted by atomic mass is 9.99. The molecule has 0 saturated heterocycles. The molecule has 0 aromatic rings. The summed E-state index contributed by atoms with van der Waals surface area (Å²) >= 11 is 0. The highest BCUT2D eigenvalue weighted by Gasteiger charge is 2.29. The van der Waals surface area contributed by atoms with Crippen molar-refractivity contribution in [2.75, 3.05) is 40.9 Å². The lowest BCUT2D eigenvalue weighted by Crippen LogP contribution is -2.51. The number of nitrogens with one attached hydrogen (secondary N) is 1. The van der Waals surface area contributed by atoms with Crippen LogP contribution in [0.2, 0.25) is 0 Å². The molecule has 10 heteroatoms. The number of carbonyl (C=O) groups is 1. The van der Waals surface area contributed by atoms with E-state index in [1.807, 2.05) is 21.1 Å². The molecule has 9 nitrogen and oxygen atoms in total. The molecule has 4 atom stereocenters. The van der Waals surface area contributed by atoms with Crippen molar-refractivity contribution in [1.29, 1.82) is 0 Å². The Bertz CT molecular complexity index is 919. The summed E-state index contributed by atoms with van der Waals surface area (Å²) in [6, 6.07) is -1.07. The number of unbranched alkanes of at least 4 members (excludes halogenated alkanes) is 31. The van der Waals surface area contributed by atoms with Crippen LogP contribution in [0.1, 0.15) is 239 Å². The molecule has 1 amide bonds. The summed E-state index contributed by atoms with van der Waals surface area (Å²) in [6.45, 7) is 4.46. The van der Waals surface area contributed by atoms with Gasteiger partial charge in [-0.25, -0.2) is 0 Å². The van der Waals surface area contributed by atoms with Crippen LogP contribution in [-0.2, 0) is 18.4 Å². The smallest absolute Gasteiger partial charge is 0.268 e. The van der Waals surface area contributed by atoms with Crippen molar-refractivity contribution in [3.05, 3.63) is 0 Å². The van der Waals surface area contributed by atoms with Gasteiger partial charge < -0.3 is 34.0 Å². The lowest BCUT2D eigenvalue weighted by molar-refractivity contribution is -0.870. The third kappa shape index (κ3) is 40.6. The number of rotatable bonds is 45. The zero-order valence-electron chi connectivity index (χ0n) is 38.4. The number of aliphatic hydroxyl groups is 2. The molecule has 0 aliphatic heterocycles. The summed E-state index contributed by atoms with van der Waals surface area (Å²) in [4.78, 5) is 25.4. The zero-order valence-corrected chi connectivity index (χ0v) is 39.3. The molecular weight excluding hydrogens is 735 g/mol. The standard InChI is InChI=1S/C47H97N2O7P/c1-6-8-10-12-14-16-18-20-21-22-23-24-25-26-27-28-30-32-34-36-38-40-46(51)48-44(43-56-57(53,54)55-42-41-49(3,4)5)47(52)45(50)39-37-35-33-31-29-19-17-15-13-11-9-7-2/h44-45,47,50,52H,6-43H2,1-5H3,(H-,48,51,53,54). The second-order valence-electron chi connectivity index (χ2n) is 18.3. The molecule has 0 radical (unpaired) electrons. The van der Waals surface area contributed by atoms with E-state index in [2.05, 4.69) is 19.2 Å². The first-order valence-corrected chi connectivity index (χ1v) is 25.9. The second-order valence-corrected chi connectivity index (χ2v) is 19.7. The average molecular weight is 833 g/mol. The quantitative estimate of drug-likeness (QED) is 0.0317. The average Bonchev–Trinajstić information content (AvgIpc) is 3.16. The normalized spacial score (nSPS) is 14.7. The number of phosphoric acid groups is 1. The van der Waals surface area contributed by atoms with Gasteiger partial charge in [0, 0.05) is 6.42 Å². The van der Waals surface area contributed by atoms with Gasteiger partial charge in [0.1, 0.15) is 19.3 Å². The lowest BCUT2D eigenvalue weighted by Gasteiger charge is -2.31. The maximum Gasteiger partial charge on any atom is 0.268 e. The highest BCUT2D eigenvalue weighted by Crippen LogP contribution is 2.38. The molecule has 0 aliphatic rings. The second kappa shape index (κ2) is 39.6. The fourth-order valence-electron chi connectivity index (χ4n) is 7.49. The first-order chi connectivity index (χ1) is 27.4. The Hall–Kier alpha value is -0.540. The van der Waals surface area contributed by atoms with Crippen LogP contribution in [0, 0.1) is 0 Å². The van der Waals surface area contributed by atoms with Crippen molar-refractivity contribution >= 4 is 13.7 Å². The number of hydrogen-bond donors (Lipinski definition) is 3. The number of quaternary nitrogens is 1. The van der Waals surface area contributed by atoms with E-state index < -0.39 is 32.7 Å². The van der Waals surface area contributed by atoms with E-state index in [0.717, 1.165) is 38.5 Å². The molecule has 3 N–H and O–H groups in total. The fourth-order valence-corrected chi connectivity index (χ4v) is 8.21. The van der Waals surface area contributed by atoms with Gasteiger partial charge in [0.05, 0.1) is 39.9 Å². The Morgan fingerprint density at radius 1 is 0.561 bits per heavy atom. The van der Waals surface area contributed by atoms with Gasteiger partial charge in [0.15, 0.2) is 0 Å². The number of phosphoric ester groups is 1. The highest BCUT2D eigenvalue weighted by molar-refractivity contribution is 7.45. The molecule has 0 aliphatic carbocycles. The van der Waals surface area contributed by atoms with Crippen molar-refractivity contribution in [3.8, 4) is 0 Å². The summed E-state index contributed by atoms with van der Waals surface area (Å²) < 4.78 is 23.2. The molecule has 0 aromatic carbocycles. The molecular formula is C47H97N2O7P. The first-order valence-electron chi connectivity index (χ1n) is 24.5. The van der Waals surface area contributed by atoms with Crippen molar-refractivity contribution in [1.82, 2.24) is 5.32 Å². The van der Waals surface area contributed by atoms with Crippen LogP contribution in [0.25, 0.3) is 0 Å². The summed E-state index contributed by atoms with van der Waals surface area (Å²) in [5.41, 5.74) is 0. The van der Waals surface area contributed by atoms with Gasteiger partial charge in [-0.3, -0.25) is 9.36 Å². The summed E-state index contributed by atoms with van der Waals surface area (Å²) in [5, 5.41) is 24.7. The van der Waals surface area contributed by atoms with E-state index >= 15 is 0 Å². The Labute approximate surface area is 353 Å². The van der Waals surface area contributed by atoms with Crippen molar-refractivity contribution in [2.45, 2.75) is 257 Å². The fraction of sp³-hybridized carbons (Fsp3) is 0.979. The van der Waals surface area contributed by atoms with E-state index in [-0.39, 0.29) is 18.9 Å². The summed E-state index contributed by atoms with van der Waals surface area (Å²) in [5.74, 6) is -0.273. The van der Waals surface area contributed by atoms with Crippen LogP contribution >= 0.6 is 7.82 Å². The largest absolute Gasteiger partial charge is 0.756 e. The predicted molar refractivity (Wildman–Crippen MR) is 239 cm³/mol. The van der Waals surface area contributed by atoms with E-state index in [0.29, 0.717) is 17.4 Å². The number of nitrogens with zero attached hydrogens (tertiary/aromatic N) is 1. The topological polar surface area (TPSA) is 128 Å². The Kier molecular flexibility index (Phi) is 39.2. The Balaban J connectivity index is 4.32. The Morgan fingerprint density at radius 2 is 0.895 bits per heavy atom. The minimum absolute atomic E-state index is 0.0368. The molecule has 57 heavy (non-hydrogen) atoms. The maximum atomic E-state index is 12.9. The van der Waals surface area contributed by atoms with Crippen LogP contribution in [0.5, 0.6) is 0 Å². The minimum Gasteiger partial charge on any atom is -0.756 e. The van der Waals surface area contributed by atoms with E-state index in [1.54, 1.807) is 0 Å². The van der Waals surface area contributed by atoms with Crippen LogP contribution in [0.15, 0.2) is 0 Å². The third-order valence-electron chi connectivity index (χ3n) is 11.4. The molecule has 0 bridgehead atoms. The molecule has 0 aromatic heterocycles. The molecule has 342 valence electrons.